The zero-order valence-corrected chi connectivity index (χ0v) is 11.7. The van der Waals surface area contributed by atoms with Gasteiger partial charge < -0.3 is 30.8 Å². The first-order valence-electron chi connectivity index (χ1n) is 0. The van der Waals surface area contributed by atoms with Crippen molar-refractivity contribution >= 4 is 0 Å². The van der Waals surface area contributed by atoms with Gasteiger partial charge in [-0.2, -0.15) is 0 Å². The van der Waals surface area contributed by atoms with Gasteiger partial charge in [-0.15, -0.1) is 0 Å². The Hall–Kier alpha value is 2.02. The Labute approximate surface area is 119 Å². The largest absolute Gasteiger partial charge is 5.00 e. The summed E-state index contributed by atoms with van der Waals surface area (Å²) in [6, 6.07) is 0. The Morgan fingerprint density at radius 2 is 0.273 bits per heavy atom. The maximum atomic E-state index is 0. The van der Waals surface area contributed by atoms with E-state index in [4.69, 9.17) is 0 Å². The molecular formula is C3N5Nb3. The number of hydrogen-bond donors (Lipinski definition) is 0. The second kappa shape index (κ2) is 358. The number of rotatable bonds is 0. The third-order valence-electron chi connectivity index (χ3n) is 0. The van der Waals surface area contributed by atoms with Crippen molar-refractivity contribution in [1.82, 2.24) is 0 Å². The number of nitrogens with zero attached hydrogens (tertiary/aromatic N) is 5. The molecule has 0 aromatic rings. The molecule has 12 radical (unpaired) electrons. The van der Waals surface area contributed by atoms with Crippen LogP contribution in [0.15, 0.2) is 0 Å². The van der Waals surface area contributed by atoms with Crippen molar-refractivity contribution in [2.45, 2.75) is 0 Å². The average Bonchev–Trinajstić information content (AvgIpc) is 0. The molecule has 0 fully saturated rings. The van der Waals surface area contributed by atoms with E-state index >= 15 is 0 Å². The molecule has 0 spiro atoms. The predicted molar refractivity (Wildman–Crippen MR) is 26.5 cm³/mol. The molecule has 0 N–H and O–H groups in total. The van der Waals surface area contributed by atoms with E-state index in [0.717, 1.165) is 0 Å². The summed E-state index contributed by atoms with van der Waals surface area (Å²) >= 11 is 0. The average molecular weight is 385 g/mol. The summed E-state index contributed by atoms with van der Waals surface area (Å²) in [6.45, 7) is 0. The van der Waals surface area contributed by atoms with Gasteiger partial charge in [0, 0.05) is 22.3 Å². The maximum Gasteiger partial charge on any atom is 5.00 e. The van der Waals surface area contributed by atoms with E-state index in [0.29, 0.717) is 0 Å². The van der Waals surface area contributed by atoms with Crippen molar-refractivity contribution in [3.05, 3.63) is 53.0 Å². The minimum Gasteiger partial charge on any atom is -3.00 e. The molecule has 0 aromatic carbocycles. The van der Waals surface area contributed by atoms with Crippen LogP contribution in [0.25, 0.3) is 30.8 Å². The van der Waals surface area contributed by atoms with Crippen molar-refractivity contribution < 1.29 is 67.1 Å². The topological polar surface area (TPSA) is 152 Å². The quantitative estimate of drug-likeness (QED) is 0.558. The van der Waals surface area contributed by atoms with E-state index < -0.39 is 0 Å². The van der Waals surface area contributed by atoms with Gasteiger partial charge in [0.15, 0.2) is 0 Å². The molecule has 0 bridgehead atoms. The summed E-state index contributed by atoms with van der Waals surface area (Å²) in [6.07, 6.45) is 0. The van der Waals surface area contributed by atoms with Gasteiger partial charge in [0.25, 0.3) is 0 Å². The van der Waals surface area contributed by atoms with E-state index in [-0.39, 0.29) is 120 Å². The summed E-state index contributed by atoms with van der Waals surface area (Å²) in [7, 11) is 0. The van der Waals surface area contributed by atoms with Crippen LogP contribution in [0.3, 0.4) is 0 Å². The van der Waals surface area contributed by atoms with Gasteiger partial charge >= 0.3 is 67.1 Å². The summed E-state index contributed by atoms with van der Waals surface area (Å²) in [5, 5.41) is 0. The van der Waals surface area contributed by atoms with E-state index in [1.54, 1.807) is 0 Å². The van der Waals surface area contributed by atoms with Gasteiger partial charge in [-0.3, -0.25) is 0 Å². The molecule has 0 saturated carbocycles. The Kier molecular flexibility index (Phi) is 15000. The first-order chi connectivity index (χ1) is 0. The zero-order valence-electron chi connectivity index (χ0n) is 5.08. The molecule has 0 atom stereocenters. The first kappa shape index (κ1) is 461. The van der Waals surface area contributed by atoms with Gasteiger partial charge in [-0.05, 0) is 0 Å². The summed E-state index contributed by atoms with van der Waals surface area (Å²) in [5.41, 5.74) is 0. The molecule has 5 nitrogen and oxygen atoms in total. The Bertz CT molecular complexity index is 16.9. The minimum atomic E-state index is 0. The number of hydrogen-bond acceptors (Lipinski definition) is 0. The van der Waals surface area contributed by atoms with Crippen molar-refractivity contribution in [3.8, 4) is 0 Å². The molecule has 52 valence electrons. The molecule has 0 heterocycles. The van der Waals surface area contributed by atoms with Crippen LogP contribution in [-0.4, -0.2) is 0 Å². The van der Waals surface area contributed by atoms with E-state index in [1.807, 2.05) is 0 Å². The fourth-order valence-electron chi connectivity index (χ4n) is 0. The van der Waals surface area contributed by atoms with E-state index in [9.17, 15) is 0 Å². The first-order valence-corrected chi connectivity index (χ1v) is 0. The van der Waals surface area contributed by atoms with Crippen molar-refractivity contribution in [2.75, 3.05) is 0 Å². The van der Waals surface area contributed by atoms with Crippen LogP contribution in [-0.2, 0) is 67.1 Å². The SMILES string of the molecule is [C].[C].[C].[N-3].[N-3].[N-3].[N-3].[N-3].[Nb+5].[Nb+5].[Nb+5]. The van der Waals surface area contributed by atoms with Gasteiger partial charge in [0.1, 0.15) is 0 Å². The summed E-state index contributed by atoms with van der Waals surface area (Å²) in [4.78, 5) is 0. The van der Waals surface area contributed by atoms with Crippen molar-refractivity contribution in [2.24, 2.45) is 0 Å². The van der Waals surface area contributed by atoms with Crippen LogP contribution in [0.1, 0.15) is 0 Å². The van der Waals surface area contributed by atoms with E-state index in [2.05, 4.69) is 0 Å². The predicted octanol–water partition coefficient (Wildman–Crippen LogP) is 1.68. The standard InChI is InChI=1S/3C.5N.3Nb/q;;;5*-3;3*+5. The van der Waals surface area contributed by atoms with Gasteiger partial charge in [-0.25, -0.2) is 0 Å². The Morgan fingerprint density at radius 1 is 0.273 bits per heavy atom. The van der Waals surface area contributed by atoms with Gasteiger partial charge in [0.05, 0.1) is 0 Å². The Balaban J connectivity index is 0. The zero-order chi connectivity index (χ0) is 0. The summed E-state index contributed by atoms with van der Waals surface area (Å²) < 4.78 is 0. The van der Waals surface area contributed by atoms with Crippen LogP contribution >= 0.6 is 0 Å². The fourth-order valence-corrected chi connectivity index (χ4v) is 0. The normalized spacial score (nSPS) is 0. The van der Waals surface area contributed by atoms with Crippen LogP contribution in [0.2, 0.25) is 0 Å². The van der Waals surface area contributed by atoms with Crippen LogP contribution in [0.5, 0.6) is 0 Å². The van der Waals surface area contributed by atoms with Crippen LogP contribution in [0, 0.1) is 22.3 Å². The Morgan fingerprint density at radius 3 is 0.273 bits per heavy atom. The molecule has 0 aliphatic carbocycles. The molecule has 0 aliphatic heterocycles. The van der Waals surface area contributed by atoms with Gasteiger partial charge in [0.2, 0.25) is 0 Å². The second-order valence-electron chi connectivity index (χ2n) is 0. The third-order valence-corrected chi connectivity index (χ3v) is 0. The van der Waals surface area contributed by atoms with Crippen LogP contribution < -0.4 is 0 Å². The molecule has 8 heteroatoms. The molecule has 0 aromatic heterocycles. The minimum absolute atomic E-state index is 0. The molecule has 0 aliphatic rings. The second-order valence-corrected chi connectivity index (χ2v) is 0. The molecule has 0 unspecified atom stereocenters. The summed E-state index contributed by atoms with van der Waals surface area (Å²) in [5.74, 6) is 0. The van der Waals surface area contributed by atoms with Crippen LogP contribution in [0.4, 0.5) is 0 Å². The molecule has 11 heavy (non-hydrogen) atoms. The van der Waals surface area contributed by atoms with Crippen molar-refractivity contribution in [3.63, 3.8) is 0 Å². The molecule has 0 saturated heterocycles. The fraction of sp³-hybridized carbons (Fsp3) is 0. The van der Waals surface area contributed by atoms with Crippen molar-refractivity contribution in [1.29, 1.82) is 0 Å². The smallest absolute Gasteiger partial charge is 3.00 e. The molecular weight excluding hydrogens is 385 g/mol. The van der Waals surface area contributed by atoms with E-state index in [1.165, 1.54) is 0 Å². The molecule has 0 amide bonds. The monoisotopic (exact) mass is 385 g/mol. The third kappa shape index (κ3) is 296. The maximum absolute atomic E-state index is 0. The molecule has 0 rings (SSSR count). The van der Waals surface area contributed by atoms with Gasteiger partial charge in [-0.1, -0.05) is 0 Å².